The predicted octanol–water partition coefficient (Wildman–Crippen LogP) is 3.90. The minimum Gasteiger partial charge on any atom is -0.495 e. The molecule has 1 aromatic heterocycles. The Hall–Kier alpha value is -2.46. The Kier molecular flexibility index (Phi) is 4.39. The maximum Gasteiger partial charge on any atom is 0.420 e. The van der Waals surface area contributed by atoms with Gasteiger partial charge in [0.1, 0.15) is 17.4 Å². The lowest BCUT2D eigenvalue weighted by molar-refractivity contribution is -0.138. The Bertz CT molecular complexity index is 867. The van der Waals surface area contributed by atoms with Gasteiger partial charge in [-0.05, 0) is 30.7 Å². The van der Waals surface area contributed by atoms with E-state index in [1.807, 2.05) is 0 Å². The van der Waals surface area contributed by atoms with Crippen LogP contribution in [0.3, 0.4) is 0 Å². The fraction of sp³-hybridized carbons (Fsp3) is 0.200. The van der Waals surface area contributed by atoms with Crippen LogP contribution in [0.2, 0.25) is 5.02 Å². The number of nitrogens with one attached hydrogen (secondary N) is 1. The zero-order valence-electron chi connectivity index (χ0n) is 12.0. The largest absolute Gasteiger partial charge is 0.495 e. The van der Waals surface area contributed by atoms with Gasteiger partial charge in [-0.15, -0.1) is 0 Å². The average molecular weight is 343 g/mol. The highest BCUT2D eigenvalue weighted by Crippen LogP contribution is 2.43. The Morgan fingerprint density at radius 1 is 1.30 bits per heavy atom. The van der Waals surface area contributed by atoms with Crippen molar-refractivity contribution < 1.29 is 17.9 Å². The zero-order chi connectivity index (χ0) is 17.4. The second kappa shape index (κ2) is 5.97. The first-order valence-electron chi connectivity index (χ1n) is 6.28. The van der Waals surface area contributed by atoms with Gasteiger partial charge in [-0.1, -0.05) is 11.6 Å². The third-order valence-electron chi connectivity index (χ3n) is 3.14. The van der Waals surface area contributed by atoms with E-state index >= 15 is 0 Å². The van der Waals surface area contributed by atoms with Gasteiger partial charge in [-0.3, -0.25) is 4.79 Å². The number of H-pyrrole nitrogens is 1. The number of hydrogen-bond donors (Lipinski definition) is 1. The van der Waals surface area contributed by atoms with Gasteiger partial charge in [0.25, 0.3) is 5.56 Å². The maximum atomic E-state index is 13.2. The molecule has 23 heavy (non-hydrogen) atoms. The van der Waals surface area contributed by atoms with Crippen LogP contribution in [-0.4, -0.2) is 12.1 Å². The highest BCUT2D eigenvalue weighted by Gasteiger charge is 2.36. The van der Waals surface area contributed by atoms with Gasteiger partial charge in [-0.2, -0.15) is 18.4 Å². The number of alkyl halides is 3. The molecule has 0 unspecified atom stereocenters. The number of halogens is 4. The fourth-order valence-electron chi connectivity index (χ4n) is 2.19. The van der Waals surface area contributed by atoms with Crippen LogP contribution in [0.5, 0.6) is 5.75 Å². The summed E-state index contributed by atoms with van der Waals surface area (Å²) in [7, 11) is 1.08. The van der Waals surface area contributed by atoms with Gasteiger partial charge in [0.15, 0.2) is 0 Å². The third kappa shape index (κ3) is 3.17. The number of ether oxygens (including phenoxy) is 1. The van der Waals surface area contributed by atoms with E-state index in [9.17, 15) is 18.0 Å². The van der Waals surface area contributed by atoms with Crippen molar-refractivity contribution in [1.82, 2.24) is 4.98 Å². The number of aromatic amines is 1. The minimum absolute atomic E-state index is 0.00822. The van der Waals surface area contributed by atoms with Crippen LogP contribution >= 0.6 is 11.6 Å². The van der Waals surface area contributed by atoms with Crippen molar-refractivity contribution in [3.63, 3.8) is 0 Å². The average Bonchev–Trinajstić information content (AvgIpc) is 2.44. The number of rotatable bonds is 2. The van der Waals surface area contributed by atoms with Crippen molar-refractivity contribution in [3.05, 3.63) is 50.4 Å². The van der Waals surface area contributed by atoms with E-state index in [0.29, 0.717) is 5.69 Å². The van der Waals surface area contributed by atoms with E-state index in [4.69, 9.17) is 21.6 Å². The van der Waals surface area contributed by atoms with Crippen LogP contribution in [-0.2, 0) is 6.18 Å². The second-order valence-electron chi connectivity index (χ2n) is 4.72. The Morgan fingerprint density at radius 2 is 1.96 bits per heavy atom. The van der Waals surface area contributed by atoms with Gasteiger partial charge in [0.2, 0.25) is 0 Å². The molecule has 8 heteroatoms. The van der Waals surface area contributed by atoms with Crippen LogP contribution in [0.4, 0.5) is 13.2 Å². The molecular formula is C15H10ClF3N2O2. The molecule has 0 saturated carbocycles. The highest BCUT2D eigenvalue weighted by atomic mass is 35.5. The van der Waals surface area contributed by atoms with Crippen LogP contribution in [0.25, 0.3) is 11.1 Å². The molecule has 0 amide bonds. The maximum absolute atomic E-state index is 13.2. The summed E-state index contributed by atoms with van der Waals surface area (Å²) in [6, 6.07) is 5.14. The highest BCUT2D eigenvalue weighted by molar-refractivity contribution is 6.32. The topological polar surface area (TPSA) is 65.9 Å². The molecule has 0 spiro atoms. The van der Waals surface area contributed by atoms with Gasteiger partial charge >= 0.3 is 6.18 Å². The van der Waals surface area contributed by atoms with E-state index < -0.39 is 23.0 Å². The Morgan fingerprint density at radius 3 is 2.48 bits per heavy atom. The number of aromatic nitrogens is 1. The fourth-order valence-corrected chi connectivity index (χ4v) is 2.49. The summed E-state index contributed by atoms with van der Waals surface area (Å²) in [5, 5.41) is 8.84. The number of nitrogens with zero attached hydrogens (tertiary/aromatic N) is 1. The third-order valence-corrected chi connectivity index (χ3v) is 3.42. The molecule has 1 N–H and O–H groups in total. The Labute approximate surface area is 134 Å². The molecule has 0 aliphatic carbocycles. The molecule has 0 fully saturated rings. The number of methoxy groups -OCH3 is 1. The first-order chi connectivity index (χ1) is 10.7. The van der Waals surface area contributed by atoms with E-state index in [2.05, 4.69) is 4.98 Å². The van der Waals surface area contributed by atoms with Crippen molar-refractivity contribution in [1.29, 1.82) is 5.26 Å². The molecule has 2 rings (SSSR count). The summed E-state index contributed by atoms with van der Waals surface area (Å²) in [6.07, 6.45) is -4.70. The SMILES string of the molecule is COc1c(Cl)cc(-c2cc(C)[nH]c(=O)c2C#N)cc1C(F)(F)F. The predicted molar refractivity (Wildman–Crippen MR) is 78.5 cm³/mol. The van der Waals surface area contributed by atoms with E-state index in [-0.39, 0.29) is 21.7 Å². The van der Waals surface area contributed by atoms with Gasteiger partial charge in [-0.25, -0.2) is 0 Å². The standard InChI is InChI=1S/C15H10ClF3N2O2/c1-7-3-9(10(6-20)14(22)21-7)8-4-11(15(17,18)19)13(23-2)12(16)5-8/h3-5H,1-2H3,(H,21,22). The van der Waals surface area contributed by atoms with Crippen LogP contribution < -0.4 is 10.3 Å². The summed E-state index contributed by atoms with van der Waals surface area (Å²) < 4.78 is 44.3. The molecule has 0 aliphatic heterocycles. The smallest absolute Gasteiger partial charge is 0.420 e. The van der Waals surface area contributed by atoms with E-state index in [1.54, 1.807) is 13.0 Å². The van der Waals surface area contributed by atoms with Crippen molar-refractivity contribution >= 4 is 11.6 Å². The summed E-state index contributed by atoms with van der Waals surface area (Å²) in [5.41, 5.74) is -1.56. The molecule has 4 nitrogen and oxygen atoms in total. The molecule has 0 bridgehead atoms. The number of benzene rings is 1. The lowest BCUT2D eigenvalue weighted by Crippen LogP contribution is -2.13. The van der Waals surface area contributed by atoms with E-state index in [1.165, 1.54) is 12.1 Å². The van der Waals surface area contributed by atoms with Gasteiger partial charge < -0.3 is 9.72 Å². The molecule has 0 atom stereocenters. The molecule has 120 valence electrons. The lowest BCUT2D eigenvalue weighted by Gasteiger charge is -2.16. The molecule has 1 aromatic carbocycles. The van der Waals surface area contributed by atoms with Gasteiger partial charge in [0.05, 0.1) is 17.7 Å². The van der Waals surface area contributed by atoms with E-state index in [0.717, 1.165) is 13.2 Å². The zero-order valence-corrected chi connectivity index (χ0v) is 12.8. The minimum atomic E-state index is -4.70. The normalized spacial score (nSPS) is 11.2. The summed E-state index contributed by atoms with van der Waals surface area (Å²) >= 11 is 5.87. The van der Waals surface area contributed by atoms with Crippen LogP contribution in [0.15, 0.2) is 23.0 Å². The lowest BCUT2D eigenvalue weighted by atomic mass is 9.98. The summed E-state index contributed by atoms with van der Waals surface area (Å²) in [5.74, 6) is -0.511. The van der Waals surface area contributed by atoms with Gasteiger partial charge in [0, 0.05) is 11.3 Å². The number of nitriles is 1. The Balaban J connectivity index is 2.84. The summed E-state index contributed by atoms with van der Waals surface area (Å²) in [6.45, 7) is 1.56. The molecule has 1 heterocycles. The number of hydrogen-bond acceptors (Lipinski definition) is 3. The second-order valence-corrected chi connectivity index (χ2v) is 5.13. The number of pyridine rings is 1. The molecule has 0 saturated heterocycles. The molecule has 2 aromatic rings. The first-order valence-corrected chi connectivity index (χ1v) is 6.66. The number of aryl methyl sites for hydroxylation is 1. The van der Waals surface area contributed by atoms with Crippen molar-refractivity contribution in [2.75, 3.05) is 7.11 Å². The van der Waals surface area contributed by atoms with Crippen molar-refractivity contribution in [2.45, 2.75) is 13.1 Å². The van der Waals surface area contributed by atoms with Crippen LogP contribution in [0.1, 0.15) is 16.8 Å². The molecule has 0 aliphatic rings. The monoisotopic (exact) mass is 342 g/mol. The molecule has 0 radical (unpaired) electrons. The molecular weight excluding hydrogens is 333 g/mol. The quantitative estimate of drug-likeness (QED) is 0.900. The van der Waals surface area contributed by atoms with Crippen molar-refractivity contribution in [3.8, 4) is 22.9 Å². The van der Waals surface area contributed by atoms with Crippen LogP contribution in [0, 0.1) is 18.3 Å². The summed E-state index contributed by atoms with van der Waals surface area (Å²) in [4.78, 5) is 14.2. The first kappa shape index (κ1) is 16.9. The van der Waals surface area contributed by atoms with Crippen molar-refractivity contribution in [2.24, 2.45) is 0 Å².